The molecule has 1 atom stereocenters. The number of rotatable bonds is 7. The topological polar surface area (TPSA) is 77.0 Å². The number of hydrazone groups is 1. The fourth-order valence-corrected chi connectivity index (χ4v) is 2.12. The maximum Gasteiger partial charge on any atom is 0.314 e. The molecule has 25 heavy (non-hydrogen) atoms. The number of nitrogens with one attached hydrogen (secondary N) is 1. The Bertz CT molecular complexity index is 786. The molecule has 0 aliphatic rings. The molecule has 0 unspecified atom stereocenters. The normalized spacial score (nSPS) is 12.5. The van der Waals surface area contributed by atoms with Crippen molar-refractivity contribution in [3.05, 3.63) is 42.5 Å². The molecular weight excluding hydrogens is 320 g/mol. The van der Waals surface area contributed by atoms with Crippen molar-refractivity contribution in [3.63, 3.8) is 0 Å². The predicted molar refractivity (Wildman–Crippen MR) is 96.5 cm³/mol. The summed E-state index contributed by atoms with van der Waals surface area (Å²) in [6.45, 7) is 5.22. The van der Waals surface area contributed by atoms with Gasteiger partial charge in [-0.2, -0.15) is 5.10 Å². The minimum absolute atomic E-state index is 0.164. The maximum atomic E-state index is 11.8. The molecule has 0 saturated carbocycles. The lowest BCUT2D eigenvalue weighted by molar-refractivity contribution is -0.145. The van der Waals surface area contributed by atoms with Crippen molar-refractivity contribution in [2.24, 2.45) is 11.0 Å². The van der Waals surface area contributed by atoms with E-state index in [4.69, 9.17) is 9.47 Å². The number of carbonyl (C=O) groups is 2. The SMILES string of the molecule is CCOC(=O)[C@H](C)/C(C)=N\NC(=O)COc1ccc2ccccc2c1. The van der Waals surface area contributed by atoms with Crippen molar-refractivity contribution in [2.45, 2.75) is 20.8 Å². The van der Waals surface area contributed by atoms with Gasteiger partial charge in [-0.05, 0) is 43.7 Å². The molecule has 6 heteroatoms. The summed E-state index contributed by atoms with van der Waals surface area (Å²) in [4.78, 5) is 23.4. The van der Waals surface area contributed by atoms with Crippen LogP contribution in [0, 0.1) is 5.92 Å². The molecule has 0 radical (unpaired) electrons. The monoisotopic (exact) mass is 342 g/mol. The molecule has 2 aromatic carbocycles. The predicted octanol–water partition coefficient (Wildman–Crippen LogP) is 2.91. The highest BCUT2D eigenvalue weighted by atomic mass is 16.5. The maximum absolute atomic E-state index is 11.8. The smallest absolute Gasteiger partial charge is 0.314 e. The van der Waals surface area contributed by atoms with E-state index in [0.29, 0.717) is 18.1 Å². The highest BCUT2D eigenvalue weighted by molar-refractivity contribution is 6.00. The van der Waals surface area contributed by atoms with Crippen LogP contribution in [0.3, 0.4) is 0 Å². The number of hydrogen-bond acceptors (Lipinski definition) is 5. The van der Waals surface area contributed by atoms with Gasteiger partial charge in [-0.25, -0.2) is 5.43 Å². The first-order chi connectivity index (χ1) is 12.0. The molecule has 0 aliphatic carbocycles. The van der Waals surface area contributed by atoms with Gasteiger partial charge in [0.15, 0.2) is 6.61 Å². The molecule has 0 bridgehead atoms. The highest BCUT2D eigenvalue weighted by Crippen LogP contribution is 2.20. The third kappa shape index (κ3) is 5.31. The zero-order valence-corrected chi connectivity index (χ0v) is 14.6. The van der Waals surface area contributed by atoms with E-state index in [2.05, 4.69) is 10.5 Å². The van der Waals surface area contributed by atoms with Gasteiger partial charge in [0.1, 0.15) is 5.75 Å². The number of esters is 1. The number of carbonyl (C=O) groups excluding carboxylic acids is 2. The van der Waals surface area contributed by atoms with Crippen LogP contribution < -0.4 is 10.2 Å². The number of hydrogen-bond donors (Lipinski definition) is 1. The van der Waals surface area contributed by atoms with Crippen LogP contribution in [0.2, 0.25) is 0 Å². The van der Waals surface area contributed by atoms with E-state index < -0.39 is 11.8 Å². The zero-order chi connectivity index (χ0) is 18.2. The molecule has 2 aromatic rings. The average molecular weight is 342 g/mol. The van der Waals surface area contributed by atoms with Gasteiger partial charge in [-0.15, -0.1) is 0 Å². The first-order valence-corrected chi connectivity index (χ1v) is 8.12. The summed E-state index contributed by atoms with van der Waals surface area (Å²) in [5, 5.41) is 6.07. The highest BCUT2D eigenvalue weighted by Gasteiger charge is 2.17. The van der Waals surface area contributed by atoms with Crippen molar-refractivity contribution in [3.8, 4) is 5.75 Å². The Kier molecular flexibility index (Phi) is 6.51. The third-order valence-corrected chi connectivity index (χ3v) is 3.71. The molecule has 0 heterocycles. The largest absolute Gasteiger partial charge is 0.484 e. The average Bonchev–Trinajstić information content (AvgIpc) is 2.63. The quantitative estimate of drug-likeness (QED) is 0.477. The fraction of sp³-hybridized carbons (Fsp3) is 0.316. The summed E-state index contributed by atoms with van der Waals surface area (Å²) < 4.78 is 10.4. The van der Waals surface area contributed by atoms with Crippen LogP contribution in [-0.2, 0) is 14.3 Å². The number of nitrogens with zero attached hydrogens (tertiary/aromatic N) is 1. The van der Waals surface area contributed by atoms with E-state index in [-0.39, 0.29) is 12.6 Å². The Morgan fingerprint density at radius 2 is 1.88 bits per heavy atom. The summed E-state index contributed by atoms with van der Waals surface area (Å²) >= 11 is 0. The van der Waals surface area contributed by atoms with Gasteiger partial charge in [-0.3, -0.25) is 9.59 Å². The van der Waals surface area contributed by atoms with E-state index in [1.165, 1.54) is 0 Å². The molecule has 1 amide bonds. The molecule has 2 rings (SSSR count). The molecule has 0 aliphatic heterocycles. The van der Waals surface area contributed by atoms with Crippen molar-refractivity contribution >= 4 is 28.4 Å². The van der Waals surface area contributed by atoms with E-state index in [1.807, 2.05) is 42.5 Å². The molecule has 0 saturated heterocycles. The van der Waals surface area contributed by atoms with Crippen LogP contribution in [0.15, 0.2) is 47.6 Å². The number of amides is 1. The summed E-state index contributed by atoms with van der Waals surface area (Å²) in [5.41, 5.74) is 2.85. The number of benzene rings is 2. The van der Waals surface area contributed by atoms with Gasteiger partial charge >= 0.3 is 5.97 Å². The van der Waals surface area contributed by atoms with Crippen molar-refractivity contribution in [1.29, 1.82) is 0 Å². The van der Waals surface area contributed by atoms with E-state index >= 15 is 0 Å². The van der Waals surface area contributed by atoms with Gasteiger partial charge < -0.3 is 9.47 Å². The molecular formula is C19H22N2O4. The second-order valence-electron chi connectivity index (χ2n) is 5.56. The number of ether oxygens (including phenoxy) is 2. The number of fused-ring (bicyclic) bond motifs is 1. The summed E-state index contributed by atoms with van der Waals surface area (Å²) in [6.07, 6.45) is 0. The van der Waals surface area contributed by atoms with Crippen LogP contribution in [-0.4, -0.2) is 30.8 Å². The lowest BCUT2D eigenvalue weighted by atomic mass is 10.1. The molecule has 0 spiro atoms. The zero-order valence-electron chi connectivity index (χ0n) is 14.6. The third-order valence-electron chi connectivity index (χ3n) is 3.71. The van der Waals surface area contributed by atoms with Gasteiger partial charge in [0.05, 0.1) is 12.5 Å². The summed E-state index contributed by atoms with van der Waals surface area (Å²) in [6, 6.07) is 13.5. The van der Waals surface area contributed by atoms with Crippen LogP contribution in [0.5, 0.6) is 5.75 Å². The standard InChI is InChI=1S/C19H22N2O4/c1-4-24-19(23)13(2)14(3)20-21-18(22)12-25-17-10-9-15-7-5-6-8-16(15)11-17/h5-11,13H,4,12H2,1-3H3,(H,21,22)/b20-14-/t13-/m1/s1. The van der Waals surface area contributed by atoms with Crippen LogP contribution in [0.25, 0.3) is 10.8 Å². The Labute approximate surface area is 146 Å². The second-order valence-corrected chi connectivity index (χ2v) is 5.56. The first kappa shape index (κ1) is 18.4. The molecule has 6 nitrogen and oxygen atoms in total. The molecule has 132 valence electrons. The molecule has 0 aromatic heterocycles. The van der Waals surface area contributed by atoms with Crippen LogP contribution in [0.1, 0.15) is 20.8 Å². The van der Waals surface area contributed by atoms with E-state index in [9.17, 15) is 9.59 Å². The van der Waals surface area contributed by atoms with Crippen LogP contribution in [0.4, 0.5) is 0 Å². The van der Waals surface area contributed by atoms with Crippen molar-refractivity contribution in [1.82, 2.24) is 5.43 Å². The van der Waals surface area contributed by atoms with Gasteiger partial charge in [0, 0.05) is 5.71 Å². The lowest BCUT2D eigenvalue weighted by Gasteiger charge is -2.10. The fourth-order valence-electron chi connectivity index (χ4n) is 2.12. The van der Waals surface area contributed by atoms with Gasteiger partial charge in [-0.1, -0.05) is 30.3 Å². The van der Waals surface area contributed by atoms with Crippen molar-refractivity contribution < 1.29 is 19.1 Å². The molecule has 0 fully saturated rings. The lowest BCUT2D eigenvalue weighted by Crippen LogP contribution is -2.28. The minimum Gasteiger partial charge on any atom is -0.484 e. The van der Waals surface area contributed by atoms with E-state index in [1.54, 1.807) is 20.8 Å². The molecule has 1 N–H and O–H groups in total. The summed E-state index contributed by atoms with van der Waals surface area (Å²) in [5.74, 6) is -0.676. The van der Waals surface area contributed by atoms with Crippen molar-refractivity contribution in [2.75, 3.05) is 13.2 Å². The minimum atomic E-state index is -0.512. The van der Waals surface area contributed by atoms with Crippen LogP contribution >= 0.6 is 0 Å². The summed E-state index contributed by atoms with van der Waals surface area (Å²) in [7, 11) is 0. The van der Waals surface area contributed by atoms with Gasteiger partial charge in [0.2, 0.25) is 0 Å². The Morgan fingerprint density at radius 1 is 1.16 bits per heavy atom. The Balaban J connectivity index is 1.87. The first-order valence-electron chi connectivity index (χ1n) is 8.12. The van der Waals surface area contributed by atoms with E-state index in [0.717, 1.165) is 10.8 Å². The Hall–Kier alpha value is -2.89. The van der Waals surface area contributed by atoms with Gasteiger partial charge in [0.25, 0.3) is 5.91 Å². The Morgan fingerprint density at radius 3 is 2.60 bits per heavy atom. The second kappa shape index (κ2) is 8.82.